The van der Waals surface area contributed by atoms with E-state index in [0.717, 1.165) is 21.0 Å². The molecule has 7 heteroatoms. The average molecular weight is 360 g/mol. The van der Waals surface area contributed by atoms with Crippen molar-refractivity contribution in [3.63, 3.8) is 0 Å². The second-order valence-electron chi connectivity index (χ2n) is 5.42. The standard InChI is InChI=1S/C18H20N2O4S/c1-20(25(22,23)14-18(21)24-19)13-5-6-15-9-11-17(12-10-15)16-7-3-2-4-8-16/h2-12H,13-14,19H2,1H3/b6-5+. The molecule has 0 saturated heterocycles. The summed E-state index contributed by atoms with van der Waals surface area (Å²) in [6.45, 7) is 0.140. The van der Waals surface area contributed by atoms with Gasteiger partial charge in [0.1, 0.15) is 0 Å². The lowest BCUT2D eigenvalue weighted by Gasteiger charge is -2.13. The molecule has 2 N–H and O–H groups in total. The molecule has 2 rings (SSSR count). The zero-order chi connectivity index (χ0) is 18.3. The summed E-state index contributed by atoms with van der Waals surface area (Å²) in [5, 5.41) is 0. The van der Waals surface area contributed by atoms with E-state index in [1.54, 1.807) is 6.08 Å². The van der Waals surface area contributed by atoms with Crippen LogP contribution in [0.3, 0.4) is 0 Å². The third kappa shape index (κ3) is 5.53. The highest BCUT2D eigenvalue weighted by Gasteiger charge is 2.21. The minimum absolute atomic E-state index is 0.140. The summed E-state index contributed by atoms with van der Waals surface area (Å²) in [5.41, 5.74) is 3.19. The molecule has 0 spiro atoms. The highest BCUT2D eigenvalue weighted by atomic mass is 32.2. The van der Waals surface area contributed by atoms with Crippen LogP contribution in [0.4, 0.5) is 0 Å². The van der Waals surface area contributed by atoms with Gasteiger partial charge in [-0.3, -0.25) is 0 Å². The van der Waals surface area contributed by atoms with Gasteiger partial charge in [0.25, 0.3) is 0 Å². The maximum absolute atomic E-state index is 11.9. The molecule has 0 aliphatic rings. The number of carbonyl (C=O) groups excluding carboxylic acids is 1. The number of carbonyl (C=O) groups is 1. The van der Waals surface area contributed by atoms with E-state index in [9.17, 15) is 13.2 Å². The Bertz CT molecular complexity index is 831. The molecule has 0 aromatic heterocycles. The Morgan fingerprint density at radius 2 is 1.68 bits per heavy atom. The molecule has 0 amide bonds. The first kappa shape index (κ1) is 18.9. The first-order chi connectivity index (χ1) is 11.9. The van der Waals surface area contributed by atoms with E-state index in [1.165, 1.54) is 7.05 Å². The Morgan fingerprint density at radius 3 is 2.28 bits per heavy atom. The summed E-state index contributed by atoms with van der Waals surface area (Å²) in [5.74, 6) is 2.89. The van der Waals surface area contributed by atoms with Crippen LogP contribution in [-0.4, -0.2) is 38.0 Å². The molecule has 2 aromatic carbocycles. The zero-order valence-electron chi connectivity index (χ0n) is 13.8. The van der Waals surface area contributed by atoms with E-state index >= 15 is 0 Å². The van der Waals surface area contributed by atoms with Gasteiger partial charge in [-0.1, -0.05) is 66.7 Å². The summed E-state index contributed by atoms with van der Waals surface area (Å²) >= 11 is 0. The van der Waals surface area contributed by atoms with Crippen molar-refractivity contribution in [1.29, 1.82) is 0 Å². The molecule has 0 aliphatic carbocycles. The van der Waals surface area contributed by atoms with Crippen molar-refractivity contribution in [2.24, 2.45) is 5.90 Å². The molecular formula is C18H20N2O4S. The quantitative estimate of drug-likeness (QED) is 0.763. The number of likely N-dealkylation sites (N-methyl/N-ethyl adjacent to an activating group) is 1. The summed E-state index contributed by atoms with van der Waals surface area (Å²) in [4.78, 5) is 14.9. The highest BCUT2D eigenvalue weighted by Crippen LogP contribution is 2.19. The number of sulfonamides is 1. The first-order valence-electron chi connectivity index (χ1n) is 7.58. The Labute approximate surface area is 147 Å². The van der Waals surface area contributed by atoms with Gasteiger partial charge in [-0.15, -0.1) is 0 Å². The largest absolute Gasteiger partial charge is 0.373 e. The third-order valence-electron chi connectivity index (χ3n) is 3.60. The molecular weight excluding hydrogens is 340 g/mol. The van der Waals surface area contributed by atoms with Crippen molar-refractivity contribution in [3.05, 3.63) is 66.2 Å². The highest BCUT2D eigenvalue weighted by molar-refractivity contribution is 7.89. The van der Waals surface area contributed by atoms with Gasteiger partial charge in [0.2, 0.25) is 10.0 Å². The Kier molecular flexibility index (Phi) is 6.46. The van der Waals surface area contributed by atoms with Crippen molar-refractivity contribution in [2.45, 2.75) is 0 Å². The number of hydrogen-bond acceptors (Lipinski definition) is 5. The molecule has 25 heavy (non-hydrogen) atoms. The van der Waals surface area contributed by atoms with Crippen LogP contribution in [0.1, 0.15) is 5.56 Å². The van der Waals surface area contributed by atoms with E-state index in [1.807, 2.05) is 60.7 Å². The summed E-state index contributed by atoms with van der Waals surface area (Å²) in [6.07, 6.45) is 3.53. The minimum atomic E-state index is -3.74. The summed E-state index contributed by atoms with van der Waals surface area (Å²) in [7, 11) is -2.35. The van der Waals surface area contributed by atoms with E-state index in [4.69, 9.17) is 0 Å². The fraction of sp³-hybridized carbons (Fsp3) is 0.167. The van der Waals surface area contributed by atoms with Crippen LogP contribution in [-0.2, 0) is 19.7 Å². The topological polar surface area (TPSA) is 89.7 Å². The SMILES string of the molecule is CN(C/C=C/c1ccc(-c2ccccc2)cc1)S(=O)(=O)CC(=O)ON. The lowest BCUT2D eigenvalue weighted by molar-refractivity contribution is -0.141. The molecule has 0 aliphatic heterocycles. The summed E-state index contributed by atoms with van der Waals surface area (Å²) in [6, 6.07) is 17.9. The minimum Gasteiger partial charge on any atom is -0.373 e. The normalized spacial score (nSPS) is 11.8. The van der Waals surface area contributed by atoms with E-state index < -0.39 is 21.7 Å². The number of rotatable bonds is 7. The fourth-order valence-corrected chi connectivity index (χ4v) is 3.06. The summed E-state index contributed by atoms with van der Waals surface area (Å²) < 4.78 is 24.8. The van der Waals surface area contributed by atoms with Crippen LogP contribution in [0.2, 0.25) is 0 Å². The number of hydrogen-bond donors (Lipinski definition) is 1. The average Bonchev–Trinajstić information content (AvgIpc) is 2.62. The smallest absolute Gasteiger partial charge is 0.341 e. The van der Waals surface area contributed by atoms with Crippen LogP contribution in [0, 0.1) is 0 Å². The van der Waals surface area contributed by atoms with Crippen molar-refractivity contribution in [3.8, 4) is 11.1 Å². The van der Waals surface area contributed by atoms with E-state index in [-0.39, 0.29) is 6.54 Å². The van der Waals surface area contributed by atoms with Crippen LogP contribution < -0.4 is 5.90 Å². The van der Waals surface area contributed by atoms with Gasteiger partial charge in [0.05, 0.1) is 0 Å². The Morgan fingerprint density at radius 1 is 1.08 bits per heavy atom. The first-order valence-corrected chi connectivity index (χ1v) is 9.19. The van der Waals surface area contributed by atoms with Crippen LogP contribution >= 0.6 is 0 Å². The zero-order valence-corrected chi connectivity index (χ0v) is 14.6. The fourth-order valence-electron chi connectivity index (χ4n) is 2.16. The maximum Gasteiger partial charge on any atom is 0.341 e. The monoisotopic (exact) mass is 360 g/mol. The van der Waals surface area contributed by atoms with Gasteiger partial charge in [0.15, 0.2) is 5.75 Å². The van der Waals surface area contributed by atoms with Crippen molar-refractivity contribution in [2.75, 3.05) is 19.3 Å². The predicted molar refractivity (Wildman–Crippen MR) is 97.6 cm³/mol. The molecule has 6 nitrogen and oxygen atoms in total. The van der Waals surface area contributed by atoms with Gasteiger partial charge in [-0.05, 0) is 16.7 Å². The molecule has 0 heterocycles. The molecule has 0 bridgehead atoms. The van der Waals surface area contributed by atoms with Gasteiger partial charge in [-0.2, -0.15) is 5.90 Å². The van der Waals surface area contributed by atoms with E-state index in [0.29, 0.717) is 0 Å². The van der Waals surface area contributed by atoms with Gasteiger partial charge >= 0.3 is 5.97 Å². The molecule has 132 valence electrons. The number of nitrogens with zero attached hydrogens (tertiary/aromatic N) is 1. The Hall–Kier alpha value is -2.48. The van der Waals surface area contributed by atoms with Gasteiger partial charge < -0.3 is 4.84 Å². The lowest BCUT2D eigenvalue weighted by atomic mass is 10.0. The van der Waals surface area contributed by atoms with E-state index in [2.05, 4.69) is 10.7 Å². The second-order valence-corrected chi connectivity index (χ2v) is 7.49. The third-order valence-corrected chi connectivity index (χ3v) is 5.30. The molecule has 0 radical (unpaired) electrons. The van der Waals surface area contributed by atoms with Crippen molar-refractivity contribution in [1.82, 2.24) is 4.31 Å². The lowest BCUT2D eigenvalue weighted by Crippen LogP contribution is -2.33. The number of nitrogens with two attached hydrogens (primary N) is 1. The molecule has 2 aromatic rings. The molecule has 0 fully saturated rings. The van der Waals surface area contributed by atoms with Crippen LogP contribution in [0.15, 0.2) is 60.7 Å². The van der Waals surface area contributed by atoms with Crippen molar-refractivity contribution >= 4 is 22.1 Å². The van der Waals surface area contributed by atoms with Crippen molar-refractivity contribution < 1.29 is 18.0 Å². The molecule has 0 atom stereocenters. The van der Waals surface area contributed by atoms with Gasteiger partial charge in [-0.25, -0.2) is 17.5 Å². The predicted octanol–water partition coefficient (Wildman–Crippen LogP) is 2.05. The molecule has 0 saturated carbocycles. The second kappa shape index (κ2) is 8.57. The Balaban J connectivity index is 1.97. The maximum atomic E-state index is 11.9. The van der Waals surface area contributed by atoms with Crippen LogP contribution in [0.5, 0.6) is 0 Å². The van der Waals surface area contributed by atoms with Gasteiger partial charge in [0, 0.05) is 13.6 Å². The molecule has 0 unspecified atom stereocenters. The van der Waals surface area contributed by atoms with Crippen LogP contribution in [0.25, 0.3) is 17.2 Å². The number of benzene rings is 2.